The van der Waals surface area contributed by atoms with Crippen LogP contribution >= 0.6 is 0 Å². The minimum atomic E-state index is -0.958. The first-order valence-corrected chi connectivity index (χ1v) is 9.37. The zero-order valence-electron chi connectivity index (χ0n) is 15.7. The van der Waals surface area contributed by atoms with E-state index in [0.717, 1.165) is 23.3 Å². The average Bonchev–Trinajstić information content (AvgIpc) is 2.72. The number of aromatic carboxylic acids is 1. The summed E-state index contributed by atoms with van der Waals surface area (Å²) in [4.78, 5) is 15.4. The standard InChI is InChI=1S/C23H22N2O3/c1-15-3-2-4-16(11-15)17-5-6-19-18(8-10-28-22(19)12-17)13-25-21-14-24-9-7-20(21)23(26)27/h2-7,9,11-12,14,18,25H,8,10,13H2,1H3,(H,26,27)/t18-/m1/s1. The second-order valence-corrected chi connectivity index (χ2v) is 7.06. The number of hydrogen-bond acceptors (Lipinski definition) is 4. The van der Waals surface area contributed by atoms with Gasteiger partial charge in [-0.25, -0.2) is 4.79 Å². The maximum Gasteiger partial charge on any atom is 0.337 e. The molecular formula is C23H22N2O3. The number of anilines is 1. The molecule has 0 aliphatic carbocycles. The fourth-order valence-electron chi connectivity index (χ4n) is 3.63. The molecule has 1 aliphatic heterocycles. The number of aromatic nitrogens is 1. The van der Waals surface area contributed by atoms with Gasteiger partial charge in [0.2, 0.25) is 0 Å². The number of carboxylic acid groups (broad SMARTS) is 1. The Morgan fingerprint density at radius 2 is 2.07 bits per heavy atom. The molecule has 0 fully saturated rings. The van der Waals surface area contributed by atoms with Crippen molar-refractivity contribution in [2.24, 2.45) is 0 Å². The first-order chi connectivity index (χ1) is 13.6. The molecule has 5 heteroatoms. The zero-order chi connectivity index (χ0) is 19.5. The molecule has 0 unspecified atom stereocenters. The number of ether oxygens (including phenoxy) is 1. The maximum absolute atomic E-state index is 11.4. The van der Waals surface area contributed by atoms with Gasteiger partial charge in [0, 0.05) is 18.7 Å². The molecule has 1 aliphatic rings. The normalized spacial score (nSPS) is 15.4. The largest absolute Gasteiger partial charge is 0.493 e. The Balaban J connectivity index is 1.55. The van der Waals surface area contributed by atoms with Crippen LogP contribution in [0.3, 0.4) is 0 Å². The topological polar surface area (TPSA) is 71.5 Å². The number of carbonyl (C=O) groups is 1. The summed E-state index contributed by atoms with van der Waals surface area (Å²) < 4.78 is 5.93. The van der Waals surface area contributed by atoms with Crippen LogP contribution in [0.15, 0.2) is 60.9 Å². The van der Waals surface area contributed by atoms with Crippen molar-refractivity contribution in [3.63, 3.8) is 0 Å². The van der Waals surface area contributed by atoms with E-state index in [9.17, 15) is 9.90 Å². The molecule has 0 amide bonds. The Bertz CT molecular complexity index is 1020. The SMILES string of the molecule is Cc1cccc(-c2ccc3c(c2)OCC[C@@H]3CNc2cnccc2C(=O)O)c1. The molecule has 5 nitrogen and oxygen atoms in total. The van der Waals surface area contributed by atoms with Crippen molar-refractivity contribution in [3.05, 3.63) is 77.6 Å². The van der Waals surface area contributed by atoms with Gasteiger partial charge in [-0.1, -0.05) is 42.0 Å². The van der Waals surface area contributed by atoms with Gasteiger partial charge in [-0.05, 0) is 42.2 Å². The lowest BCUT2D eigenvalue weighted by Gasteiger charge is -2.27. The fraction of sp³-hybridized carbons (Fsp3) is 0.217. The minimum Gasteiger partial charge on any atom is -0.493 e. The smallest absolute Gasteiger partial charge is 0.337 e. The molecule has 28 heavy (non-hydrogen) atoms. The van der Waals surface area contributed by atoms with Gasteiger partial charge < -0.3 is 15.2 Å². The van der Waals surface area contributed by atoms with Crippen LogP contribution in [0, 0.1) is 6.92 Å². The molecule has 0 radical (unpaired) electrons. The molecule has 2 heterocycles. The molecule has 1 aromatic heterocycles. The van der Waals surface area contributed by atoms with Crippen molar-refractivity contribution >= 4 is 11.7 Å². The van der Waals surface area contributed by atoms with E-state index in [1.165, 1.54) is 23.4 Å². The van der Waals surface area contributed by atoms with Gasteiger partial charge >= 0.3 is 5.97 Å². The lowest BCUT2D eigenvalue weighted by Crippen LogP contribution is -2.21. The molecular weight excluding hydrogens is 352 g/mol. The molecule has 2 N–H and O–H groups in total. The highest BCUT2D eigenvalue weighted by atomic mass is 16.5. The number of aryl methyl sites for hydroxylation is 1. The van der Waals surface area contributed by atoms with E-state index in [2.05, 4.69) is 59.7 Å². The highest BCUT2D eigenvalue weighted by Gasteiger charge is 2.22. The van der Waals surface area contributed by atoms with Crippen molar-refractivity contribution < 1.29 is 14.6 Å². The molecule has 3 aromatic rings. The summed E-state index contributed by atoms with van der Waals surface area (Å²) in [6.45, 7) is 3.37. The lowest BCUT2D eigenvalue weighted by molar-refractivity contribution is 0.0697. The van der Waals surface area contributed by atoms with Crippen LogP contribution in [0.25, 0.3) is 11.1 Å². The van der Waals surface area contributed by atoms with Crippen molar-refractivity contribution in [1.82, 2.24) is 4.98 Å². The predicted molar refractivity (Wildman–Crippen MR) is 109 cm³/mol. The van der Waals surface area contributed by atoms with Crippen molar-refractivity contribution in [2.75, 3.05) is 18.5 Å². The number of fused-ring (bicyclic) bond motifs is 1. The molecule has 0 spiro atoms. The van der Waals surface area contributed by atoms with E-state index in [1.807, 2.05) is 0 Å². The van der Waals surface area contributed by atoms with Crippen molar-refractivity contribution in [2.45, 2.75) is 19.3 Å². The molecule has 1 atom stereocenters. The monoisotopic (exact) mass is 374 g/mol. The van der Waals surface area contributed by atoms with E-state index in [1.54, 1.807) is 6.20 Å². The van der Waals surface area contributed by atoms with E-state index in [0.29, 0.717) is 18.8 Å². The number of rotatable bonds is 5. The van der Waals surface area contributed by atoms with E-state index in [4.69, 9.17) is 4.74 Å². The summed E-state index contributed by atoms with van der Waals surface area (Å²) in [6, 6.07) is 16.3. The average molecular weight is 374 g/mol. The molecule has 2 aromatic carbocycles. The summed E-state index contributed by atoms with van der Waals surface area (Å²) in [5.74, 6) is 0.193. The van der Waals surface area contributed by atoms with Crippen LogP contribution in [-0.2, 0) is 0 Å². The lowest BCUT2D eigenvalue weighted by atomic mass is 9.90. The second kappa shape index (κ2) is 7.72. The van der Waals surface area contributed by atoms with Gasteiger partial charge in [0.15, 0.2) is 0 Å². The first-order valence-electron chi connectivity index (χ1n) is 9.37. The number of carboxylic acids is 1. The summed E-state index contributed by atoms with van der Waals surface area (Å²) in [5, 5.41) is 12.6. The van der Waals surface area contributed by atoms with Gasteiger partial charge in [-0.2, -0.15) is 0 Å². The van der Waals surface area contributed by atoms with Crippen LogP contribution in [0.4, 0.5) is 5.69 Å². The van der Waals surface area contributed by atoms with Crippen LogP contribution in [0.1, 0.15) is 33.8 Å². The van der Waals surface area contributed by atoms with Gasteiger partial charge in [0.1, 0.15) is 5.75 Å². The van der Waals surface area contributed by atoms with Crippen molar-refractivity contribution in [3.8, 4) is 16.9 Å². The molecule has 0 saturated carbocycles. The van der Waals surface area contributed by atoms with E-state index >= 15 is 0 Å². The van der Waals surface area contributed by atoms with Crippen LogP contribution in [-0.4, -0.2) is 29.2 Å². The Kier molecular flexibility index (Phi) is 4.98. The Hall–Kier alpha value is -3.34. The number of nitrogens with one attached hydrogen (secondary N) is 1. The summed E-state index contributed by atoms with van der Waals surface area (Å²) >= 11 is 0. The van der Waals surface area contributed by atoms with Gasteiger partial charge in [0.25, 0.3) is 0 Å². The third-order valence-corrected chi connectivity index (χ3v) is 5.12. The van der Waals surface area contributed by atoms with E-state index < -0.39 is 5.97 Å². The van der Waals surface area contributed by atoms with Gasteiger partial charge in [0.05, 0.1) is 24.1 Å². The third-order valence-electron chi connectivity index (χ3n) is 5.12. The van der Waals surface area contributed by atoms with Crippen LogP contribution < -0.4 is 10.1 Å². The predicted octanol–water partition coefficient (Wildman–Crippen LogP) is 4.73. The highest BCUT2D eigenvalue weighted by molar-refractivity contribution is 5.93. The van der Waals surface area contributed by atoms with E-state index in [-0.39, 0.29) is 11.5 Å². The van der Waals surface area contributed by atoms with Gasteiger partial charge in [-0.3, -0.25) is 4.98 Å². The number of benzene rings is 2. The fourth-order valence-corrected chi connectivity index (χ4v) is 3.63. The third kappa shape index (κ3) is 3.69. The Labute approximate surface area is 164 Å². The molecule has 0 saturated heterocycles. The Morgan fingerprint density at radius 3 is 2.89 bits per heavy atom. The number of pyridine rings is 1. The van der Waals surface area contributed by atoms with Crippen LogP contribution in [0.5, 0.6) is 5.75 Å². The first kappa shape index (κ1) is 18.0. The summed E-state index contributed by atoms with van der Waals surface area (Å²) in [7, 11) is 0. The second-order valence-electron chi connectivity index (χ2n) is 7.06. The number of hydrogen-bond donors (Lipinski definition) is 2. The summed E-state index contributed by atoms with van der Waals surface area (Å²) in [6.07, 6.45) is 3.93. The minimum absolute atomic E-state index is 0.233. The van der Waals surface area contributed by atoms with Crippen LogP contribution in [0.2, 0.25) is 0 Å². The van der Waals surface area contributed by atoms with Crippen molar-refractivity contribution in [1.29, 1.82) is 0 Å². The quantitative estimate of drug-likeness (QED) is 0.675. The Morgan fingerprint density at radius 1 is 1.21 bits per heavy atom. The molecule has 142 valence electrons. The summed E-state index contributed by atoms with van der Waals surface area (Å²) in [5.41, 5.74) is 5.46. The number of nitrogens with zero attached hydrogens (tertiary/aromatic N) is 1. The zero-order valence-corrected chi connectivity index (χ0v) is 15.7. The highest BCUT2D eigenvalue weighted by Crippen LogP contribution is 2.37. The molecule has 4 rings (SSSR count). The van der Waals surface area contributed by atoms with Gasteiger partial charge in [-0.15, -0.1) is 0 Å². The maximum atomic E-state index is 11.4. The molecule has 0 bridgehead atoms.